The summed E-state index contributed by atoms with van der Waals surface area (Å²) in [5, 5.41) is 11.6. The number of amides is 2. The number of carboxylic acids is 1. The molecular formula is C16H27F3N2O3. The molecule has 0 aliphatic carbocycles. The third kappa shape index (κ3) is 5.87. The van der Waals surface area contributed by atoms with E-state index in [1.807, 2.05) is 6.92 Å². The Bertz CT molecular complexity index is 429. The standard InChI is InChI=1S/C16H27F3N2O3/c1-3-5-7-11(6-4-2)8-20-15(24)21-9-12(14(22)23)13(10-21)16(17,18)19/h11-13H,3-10H2,1-2H3,(H,20,24)(H,22,23)/t11?,12-,13-/m1/s1. The second-order valence-corrected chi connectivity index (χ2v) is 6.48. The lowest BCUT2D eigenvalue weighted by Gasteiger charge is -2.21. The zero-order valence-corrected chi connectivity index (χ0v) is 14.2. The van der Waals surface area contributed by atoms with E-state index in [9.17, 15) is 22.8 Å². The quantitative estimate of drug-likeness (QED) is 0.702. The van der Waals surface area contributed by atoms with E-state index < -0.39 is 43.1 Å². The van der Waals surface area contributed by atoms with Crippen LogP contribution in [0.1, 0.15) is 46.0 Å². The molecule has 1 saturated heterocycles. The highest BCUT2D eigenvalue weighted by Crippen LogP contribution is 2.37. The third-order valence-corrected chi connectivity index (χ3v) is 4.55. The number of carbonyl (C=O) groups excluding carboxylic acids is 1. The van der Waals surface area contributed by atoms with Crippen LogP contribution in [-0.2, 0) is 4.79 Å². The van der Waals surface area contributed by atoms with Crippen LogP contribution in [0.4, 0.5) is 18.0 Å². The van der Waals surface area contributed by atoms with Crippen LogP contribution in [0.15, 0.2) is 0 Å². The minimum atomic E-state index is -4.62. The van der Waals surface area contributed by atoms with Crippen LogP contribution in [0.2, 0.25) is 0 Å². The van der Waals surface area contributed by atoms with Crippen molar-refractivity contribution in [2.75, 3.05) is 19.6 Å². The van der Waals surface area contributed by atoms with E-state index in [4.69, 9.17) is 5.11 Å². The molecule has 3 atom stereocenters. The van der Waals surface area contributed by atoms with Gasteiger partial charge >= 0.3 is 18.2 Å². The molecule has 0 bridgehead atoms. The Morgan fingerprint density at radius 3 is 2.33 bits per heavy atom. The van der Waals surface area contributed by atoms with E-state index >= 15 is 0 Å². The Morgan fingerprint density at radius 2 is 1.88 bits per heavy atom. The van der Waals surface area contributed by atoms with E-state index in [0.717, 1.165) is 37.0 Å². The lowest BCUT2D eigenvalue weighted by molar-refractivity contribution is -0.187. The number of aliphatic carboxylic acids is 1. The normalized spacial score (nSPS) is 22.5. The Labute approximate surface area is 140 Å². The van der Waals surface area contributed by atoms with Gasteiger partial charge in [-0.15, -0.1) is 0 Å². The minimum absolute atomic E-state index is 0.301. The number of rotatable bonds is 8. The highest BCUT2D eigenvalue weighted by molar-refractivity contribution is 5.77. The molecule has 8 heteroatoms. The summed E-state index contributed by atoms with van der Waals surface area (Å²) in [6.45, 7) is 3.54. The van der Waals surface area contributed by atoms with Crippen molar-refractivity contribution in [3.05, 3.63) is 0 Å². The SMILES string of the molecule is CCCCC(CCC)CNC(=O)N1C[C@@H](C(F)(F)F)[C@H](C(=O)O)C1. The predicted molar refractivity (Wildman–Crippen MR) is 83.6 cm³/mol. The van der Waals surface area contributed by atoms with Crippen LogP contribution in [-0.4, -0.2) is 47.8 Å². The van der Waals surface area contributed by atoms with Crippen LogP contribution in [0.5, 0.6) is 0 Å². The van der Waals surface area contributed by atoms with E-state index in [0.29, 0.717) is 12.5 Å². The molecule has 0 saturated carbocycles. The van der Waals surface area contributed by atoms with Gasteiger partial charge in [0.15, 0.2) is 0 Å². The zero-order chi connectivity index (χ0) is 18.3. The molecule has 1 rings (SSSR count). The zero-order valence-electron chi connectivity index (χ0n) is 14.2. The molecule has 1 fully saturated rings. The number of alkyl halides is 3. The van der Waals surface area contributed by atoms with Crippen molar-refractivity contribution >= 4 is 12.0 Å². The molecule has 1 heterocycles. The van der Waals surface area contributed by atoms with Gasteiger partial charge in [0.1, 0.15) is 0 Å². The number of halogens is 3. The largest absolute Gasteiger partial charge is 0.481 e. The lowest BCUT2D eigenvalue weighted by Crippen LogP contribution is -2.41. The first-order valence-electron chi connectivity index (χ1n) is 8.52. The van der Waals surface area contributed by atoms with E-state index in [1.54, 1.807) is 0 Å². The predicted octanol–water partition coefficient (Wildman–Crippen LogP) is 3.50. The molecular weight excluding hydrogens is 325 g/mol. The number of nitrogens with zero attached hydrogens (tertiary/aromatic N) is 1. The van der Waals surface area contributed by atoms with Crippen molar-refractivity contribution in [3.63, 3.8) is 0 Å². The van der Waals surface area contributed by atoms with Crippen molar-refractivity contribution < 1.29 is 27.9 Å². The summed E-state index contributed by atoms with van der Waals surface area (Å²) >= 11 is 0. The maximum Gasteiger partial charge on any atom is 0.394 e. The summed E-state index contributed by atoms with van der Waals surface area (Å²) in [6, 6.07) is -0.606. The maximum atomic E-state index is 12.9. The summed E-state index contributed by atoms with van der Waals surface area (Å²) < 4.78 is 38.8. The van der Waals surface area contributed by atoms with Gasteiger partial charge in [-0.05, 0) is 18.8 Å². The fourth-order valence-corrected chi connectivity index (χ4v) is 3.14. The van der Waals surface area contributed by atoms with Gasteiger partial charge in [-0.3, -0.25) is 4.79 Å². The molecule has 1 unspecified atom stereocenters. The van der Waals surface area contributed by atoms with E-state index in [-0.39, 0.29) is 0 Å². The Balaban J connectivity index is 2.60. The monoisotopic (exact) mass is 352 g/mol. The van der Waals surface area contributed by atoms with Crippen molar-refractivity contribution in [2.45, 2.75) is 52.1 Å². The van der Waals surface area contributed by atoms with Crippen molar-refractivity contribution in [1.82, 2.24) is 10.2 Å². The molecule has 5 nitrogen and oxygen atoms in total. The summed E-state index contributed by atoms with van der Waals surface area (Å²) in [4.78, 5) is 24.1. The third-order valence-electron chi connectivity index (χ3n) is 4.55. The van der Waals surface area contributed by atoms with E-state index in [1.165, 1.54) is 0 Å². The van der Waals surface area contributed by atoms with Gasteiger partial charge in [0.25, 0.3) is 0 Å². The second-order valence-electron chi connectivity index (χ2n) is 6.48. The molecule has 2 N–H and O–H groups in total. The summed E-state index contributed by atoms with van der Waals surface area (Å²) in [7, 11) is 0. The Hall–Kier alpha value is -1.47. The van der Waals surface area contributed by atoms with Crippen LogP contribution < -0.4 is 5.32 Å². The van der Waals surface area contributed by atoms with Gasteiger partial charge in [-0.1, -0.05) is 33.1 Å². The molecule has 0 radical (unpaired) electrons. The van der Waals surface area contributed by atoms with E-state index in [2.05, 4.69) is 12.2 Å². The fraction of sp³-hybridized carbons (Fsp3) is 0.875. The van der Waals surface area contributed by atoms with Crippen LogP contribution >= 0.6 is 0 Å². The molecule has 0 spiro atoms. The first-order valence-corrected chi connectivity index (χ1v) is 8.52. The maximum absolute atomic E-state index is 12.9. The van der Waals surface area contributed by atoms with Crippen molar-refractivity contribution in [1.29, 1.82) is 0 Å². The Kier molecular flexibility index (Phi) is 7.83. The van der Waals surface area contributed by atoms with Crippen LogP contribution in [0.3, 0.4) is 0 Å². The van der Waals surface area contributed by atoms with Gasteiger partial charge in [-0.2, -0.15) is 13.2 Å². The first-order chi connectivity index (χ1) is 11.2. The summed E-state index contributed by atoms with van der Waals surface area (Å²) in [5.41, 5.74) is 0. The number of likely N-dealkylation sites (tertiary alicyclic amines) is 1. The Morgan fingerprint density at radius 1 is 1.21 bits per heavy atom. The van der Waals surface area contributed by atoms with Gasteiger partial charge in [0.2, 0.25) is 0 Å². The number of unbranched alkanes of at least 4 members (excludes halogenated alkanes) is 1. The number of hydrogen-bond acceptors (Lipinski definition) is 2. The smallest absolute Gasteiger partial charge is 0.394 e. The number of carbonyl (C=O) groups is 2. The number of hydrogen-bond donors (Lipinski definition) is 2. The number of carboxylic acid groups (broad SMARTS) is 1. The number of urea groups is 1. The second kappa shape index (κ2) is 9.13. The highest BCUT2D eigenvalue weighted by Gasteiger charge is 2.53. The first kappa shape index (κ1) is 20.6. The lowest BCUT2D eigenvalue weighted by atomic mass is 9.96. The molecule has 1 aliphatic rings. The molecule has 0 aromatic carbocycles. The fourth-order valence-electron chi connectivity index (χ4n) is 3.14. The van der Waals surface area contributed by atoms with Gasteiger partial charge < -0.3 is 15.3 Å². The topological polar surface area (TPSA) is 69.6 Å². The molecule has 0 aromatic heterocycles. The summed E-state index contributed by atoms with van der Waals surface area (Å²) in [6.07, 6.45) is 0.362. The van der Waals surface area contributed by atoms with Gasteiger partial charge in [0, 0.05) is 19.6 Å². The minimum Gasteiger partial charge on any atom is -0.481 e. The van der Waals surface area contributed by atoms with Gasteiger partial charge in [-0.25, -0.2) is 4.79 Å². The average molecular weight is 352 g/mol. The van der Waals surface area contributed by atoms with Crippen LogP contribution in [0, 0.1) is 17.8 Å². The van der Waals surface area contributed by atoms with Crippen LogP contribution in [0.25, 0.3) is 0 Å². The molecule has 2 amide bonds. The summed E-state index contributed by atoms with van der Waals surface area (Å²) in [5.74, 6) is -4.82. The molecule has 1 aliphatic heterocycles. The highest BCUT2D eigenvalue weighted by atomic mass is 19.4. The molecule has 0 aromatic rings. The van der Waals surface area contributed by atoms with Crippen molar-refractivity contribution in [3.8, 4) is 0 Å². The average Bonchev–Trinajstić information content (AvgIpc) is 2.95. The van der Waals surface area contributed by atoms with Crippen molar-refractivity contribution in [2.24, 2.45) is 17.8 Å². The molecule has 140 valence electrons. The number of nitrogens with one attached hydrogen (secondary N) is 1. The van der Waals surface area contributed by atoms with Gasteiger partial charge in [0.05, 0.1) is 11.8 Å². The molecule has 24 heavy (non-hydrogen) atoms.